The number of sulfone groups is 1. The van der Waals surface area contributed by atoms with E-state index in [2.05, 4.69) is 5.32 Å². The molecule has 5 nitrogen and oxygen atoms in total. The lowest BCUT2D eigenvalue weighted by molar-refractivity contribution is -0.122. The molecule has 1 unspecified atom stereocenters. The lowest BCUT2D eigenvalue weighted by atomic mass is 10.2. The molecule has 1 aliphatic rings. The molecule has 1 saturated heterocycles. The number of nitrogens with zero attached hydrogens (tertiary/aromatic N) is 1. The largest absolute Gasteiger partial charge is 0.351 e. The van der Waals surface area contributed by atoms with Gasteiger partial charge in [0.25, 0.3) is 0 Å². The van der Waals surface area contributed by atoms with Crippen LogP contribution in [0.25, 0.3) is 0 Å². The molecule has 0 saturated carbocycles. The monoisotopic (exact) mass is 248 g/mol. The molecule has 1 rings (SSSR count). The predicted molar refractivity (Wildman–Crippen MR) is 63.0 cm³/mol. The van der Waals surface area contributed by atoms with Crippen LogP contribution < -0.4 is 5.32 Å². The molecular formula is C10H20N2O3S. The van der Waals surface area contributed by atoms with E-state index in [1.165, 1.54) is 0 Å². The highest BCUT2D eigenvalue weighted by Crippen LogP contribution is 2.11. The second kappa shape index (κ2) is 5.14. The van der Waals surface area contributed by atoms with Crippen LogP contribution in [-0.2, 0) is 14.6 Å². The highest BCUT2D eigenvalue weighted by molar-refractivity contribution is 7.91. The molecule has 0 spiro atoms. The van der Waals surface area contributed by atoms with Gasteiger partial charge in [-0.2, -0.15) is 0 Å². The van der Waals surface area contributed by atoms with Gasteiger partial charge in [-0.1, -0.05) is 0 Å². The number of rotatable bonds is 4. The molecule has 1 aliphatic heterocycles. The quantitative estimate of drug-likeness (QED) is 0.737. The third-order valence-corrected chi connectivity index (χ3v) is 4.64. The van der Waals surface area contributed by atoms with Crippen LogP contribution in [0, 0.1) is 0 Å². The van der Waals surface area contributed by atoms with Crippen LogP contribution in [0.4, 0.5) is 0 Å². The van der Waals surface area contributed by atoms with Crippen LogP contribution in [-0.4, -0.2) is 56.4 Å². The third-order valence-electron chi connectivity index (χ3n) is 2.87. The van der Waals surface area contributed by atoms with E-state index in [1.54, 1.807) is 0 Å². The Bertz CT molecular complexity index is 351. The molecule has 0 aromatic heterocycles. The van der Waals surface area contributed by atoms with E-state index in [0.29, 0.717) is 19.0 Å². The van der Waals surface area contributed by atoms with Gasteiger partial charge in [-0.05, 0) is 27.3 Å². The van der Waals surface area contributed by atoms with Crippen molar-refractivity contribution in [1.82, 2.24) is 10.2 Å². The zero-order valence-corrected chi connectivity index (χ0v) is 10.9. The minimum Gasteiger partial charge on any atom is -0.351 e. The summed E-state index contributed by atoms with van der Waals surface area (Å²) in [7, 11) is -1.04. The zero-order chi connectivity index (χ0) is 12.3. The Morgan fingerprint density at radius 1 is 1.50 bits per heavy atom. The summed E-state index contributed by atoms with van der Waals surface area (Å²) in [5.74, 6) is 0.181. The van der Waals surface area contributed by atoms with Gasteiger partial charge in [-0.15, -0.1) is 0 Å². The molecule has 0 radical (unpaired) electrons. The molecule has 16 heavy (non-hydrogen) atoms. The lowest BCUT2D eigenvalue weighted by Gasteiger charge is -2.21. The van der Waals surface area contributed by atoms with E-state index in [9.17, 15) is 13.2 Å². The Morgan fingerprint density at radius 2 is 2.12 bits per heavy atom. The molecule has 1 fully saturated rings. The van der Waals surface area contributed by atoms with Crippen molar-refractivity contribution in [3.8, 4) is 0 Å². The summed E-state index contributed by atoms with van der Waals surface area (Å²) in [6.07, 6.45) is 0.541. The van der Waals surface area contributed by atoms with Gasteiger partial charge in [0.05, 0.1) is 18.1 Å². The van der Waals surface area contributed by atoms with Gasteiger partial charge < -0.3 is 5.32 Å². The fourth-order valence-electron chi connectivity index (χ4n) is 1.59. The maximum Gasteiger partial charge on any atom is 0.234 e. The Kier molecular flexibility index (Phi) is 4.32. The molecule has 0 aromatic carbocycles. The van der Waals surface area contributed by atoms with Crippen molar-refractivity contribution in [3.63, 3.8) is 0 Å². The van der Waals surface area contributed by atoms with Crippen molar-refractivity contribution >= 4 is 15.7 Å². The normalized spacial score (nSPS) is 23.9. The number of likely N-dealkylation sites (N-methyl/N-ethyl adjacent to an activating group) is 1. The van der Waals surface area contributed by atoms with Crippen LogP contribution in [0.1, 0.15) is 20.3 Å². The molecule has 6 heteroatoms. The van der Waals surface area contributed by atoms with Crippen molar-refractivity contribution in [2.45, 2.75) is 32.4 Å². The Hall–Kier alpha value is -0.620. The van der Waals surface area contributed by atoms with Crippen molar-refractivity contribution in [2.24, 2.45) is 0 Å². The molecular weight excluding hydrogens is 228 g/mol. The van der Waals surface area contributed by atoms with Gasteiger partial charge >= 0.3 is 0 Å². The SMILES string of the molecule is CC(C)N(C)CC(=O)NC1CCS(=O)(=O)C1. The highest BCUT2D eigenvalue weighted by Gasteiger charge is 2.28. The van der Waals surface area contributed by atoms with Crippen LogP contribution in [0.15, 0.2) is 0 Å². The fourth-order valence-corrected chi connectivity index (χ4v) is 3.26. The van der Waals surface area contributed by atoms with Gasteiger partial charge in [0, 0.05) is 12.1 Å². The predicted octanol–water partition coefficient (Wildman–Crippen LogP) is -0.370. The average Bonchev–Trinajstić information content (AvgIpc) is 2.44. The summed E-state index contributed by atoms with van der Waals surface area (Å²) in [5, 5.41) is 2.76. The standard InChI is InChI=1S/C10H20N2O3S/c1-8(2)12(3)6-10(13)11-9-4-5-16(14,15)7-9/h8-9H,4-7H2,1-3H3,(H,11,13). The first-order chi connectivity index (χ1) is 7.30. The first kappa shape index (κ1) is 13.4. The van der Waals surface area contributed by atoms with Crippen LogP contribution in [0.5, 0.6) is 0 Å². The molecule has 0 aromatic rings. The van der Waals surface area contributed by atoms with Gasteiger partial charge in [-0.3, -0.25) is 9.69 Å². The highest BCUT2D eigenvalue weighted by atomic mass is 32.2. The number of nitrogens with one attached hydrogen (secondary N) is 1. The van der Waals surface area contributed by atoms with Gasteiger partial charge in [-0.25, -0.2) is 8.42 Å². The van der Waals surface area contributed by atoms with E-state index in [4.69, 9.17) is 0 Å². The van der Waals surface area contributed by atoms with Crippen LogP contribution in [0.2, 0.25) is 0 Å². The van der Waals surface area contributed by atoms with Crippen molar-refractivity contribution in [1.29, 1.82) is 0 Å². The van der Waals surface area contributed by atoms with E-state index >= 15 is 0 Å². The van der Waals surface area contributed by atoms with E-state index < -0.39 is 9.84 Å². The fraction of sp³-hybridized carbons (Fsp3) is 0.900. The van der Waals surface area contributed by atoms with Crippen LogP contribution >= 0.6 is 0 Å². The second-order valence-corrected chi connectivity index (χ2v) is 6.91. The Labute approximate surface area is 97.1 Å². The second-order valence-electron chi connectivity index (χ2n) is 4.68. The Morgan fingerprint density at radius 3 is 2.56 bits per heavy atom. The minimum absolute atomic E-state index is 0.0874. The first-order valence-corrected chi connectivity index (χ1v) is 7.32. The van der Waals surface area contributed by atoms with Crippen molar-refractivity contribution in [3.05, 3.63) is 0 Å². The molecule has 1 amide bonds. The Balaban J connectivity index is 2.36. The lowest BCUT2D eigenvalue weighted by Crippen LogP contribution is -2.43. The molecule has 1 heterocycles. The molecule has 0 aliphatic carbocycles. The third kappa shape index (κ3) is 4.09. The maximum atomic E-state index is 11.6. The summed E-state index contributed by atoms with van der Waals surface area (Å²) in [6.45, 7) is 4.33. The average molecular weight is 248 g/mol. The van der Waals surface area contributed by atoms with Crippen molar-refractivity contribution in [2.75, 3.05) is 25.1 Å². The number of carbonyl (C=O) groups excluding carboxylic acids is 1. The molecule has 1 atom stereocenters. The van der Waals surface area contributed by atoms with Crippen LogP contribution in [0.3, 0.4) is 0 Å². The number of amides is 1. The summed E-state index contributed by atoms with van der Waals surface area (Å²) in [4.78, 5) is 13.5. The van der Waals surface area contributed by atoms with E-state index in [0.717, 1.165) is 0 Å². The number of hydrogen-bond donors (Lipinski definition) is 1. The molecule has 94 valence electrons. The zero-order valence-electron chi connectivity index (χ0n) is 10.1. The maximum absolute atomic E-state index is 11.6. The summed E-state index contributed by atoms with van der Waals surface area (Å²) < 4.78 is 22.4. The summed E-state index contributed by atoms with van der Waals surface area (Å²) in [6, 6.07) is 0.108. The smallest absolute Gasteiger partial charge is 0.234 e. The number of hydrogen-bond acceptors (Lipinski definition) is 4. The van der Waals surface area contributed by atoms with E-state index in [1.807, 2.05) is 25.8 Å². The minimum atomic E-state index is -2.91. The first-order valence-electron chi connectivity index (χ1n) is 5.50. The topological polar surface area (TPSA) is 66.5 Å². The molecule has 1 N–H and O–H groups in total. The van der Waals surface area contributed by atoms with Gasteiger partial charge in [0.1, 0.15) is 0 Å². The van der Waals surface area contributed by atoms with E-state index in [-0.39, 0.29) is 23.5 Å². The molecule has 0 bridgehead atoms. The summed E-state index contributed by atoms with van der Waals surface area (Å²) in [5.41, 5.74) is 0. The van der Waals surface area contributed by atoms with Crippen molar-refractivity contribution < 1.29 is 13.2 Å². The van der Waals surface area contributed by atoms with Gasteiger partial charge in [0.2, 0.25) is 5.91 Å². The van der Waals surface area contributed by atoms with Gasteiger partial charge in [0.15, 0.2) is 9.84 Å². The number of carbonyl (C=O) groups is 1. The summed E-state index contributed by atoms with van der Waals surface area (Å²) >= 11 is 0.